The van der Waals surface area contributed by atoms with E-state index in [1.165, 1.54) is 128 Å². The van der Waals surface area contributed by atoms with Gasteiger partial charge in [-0.2, -0.15) is 0 Å². The highest BCUT2D eigenvalue weighted by Crippen LogP contribution is 2.15. The first-order valence-electron chi connectivity index (χ1n) is 27.9. The summed E-state index contributed by atoms with van der Waals surface area (Å²) in [6.45, 7) is 6.48. The Labute approximate surface area is 408 Å². The van der Waals surface area contributed by atoms with Crippen molar-refractivity contribution in [1.82, 2.24) is 0 Å². The van der Waals surface area contributed by atoms with Gasteiger partial charge in [-0.05, 0) is 109 Å². The monoisotopic (exact) mass is 921 g/mol. The molecule has 6 nitrogen and oxygen atoms in total. The summed E-state index contributed by atoms with van der Waals surface area (Å²) in [5.74, 6) is -0.900. The van der Waals surface area contributed by atoms with E-state index < -0.39 is 6.10 Å². The van der Waals surface area contributed by atoms with Crippen molar-refractivity contribution >= 4 is 17.9 Å². The van der Waals surface area contributed by atoms with Crippen LogP contribution in [-0.2, 0) is 28.6 Å². The molecule has 0 heterocycles. The van der Waals surface area contributed by atoms with Crippen LogP contribution in [0.25, 0.3) is 0 Å². The van der Waals surface area contributed by atoms with Crippen molar-refractivity contribution < 1.29 is 28.6 Å². The number of unbranched alkanes of at least 4 members (excludes halogenated alkanes) is 27. The van der Waals surface area contributed by atoms with Gasteiger partial charge in [0.1, 0.15) is 13.2 Å². The third-order valence-electron chi connectivity index (χ3n) is 11.9. The molecule has 6 heteroatoms. The fourth-order valence-electron chi connectivity index (χ4n) is 7.72. The van der Waals surface area contributed by atoms with Gasteiger partial charge in [0.2, 0.25) is 0 Å². The van der Waals surface area contributed by atoms with E-state index in [2.05, 4.69) is 93.7 Å². The zero-order chi connectivity index (χ0) is 47.9. The summed E-state index contributed by atoms with van der Waals surface area (Å²) in [5.41, 5.74) is 0. The third kappa shape index (κ3) is 51.8. The van der Waals surface area contributed by atoms with Crippen LogP contribution in [0.5, 0.6) is 0 Å². The molecule has 1 atom stereocenters. The summed E-state index contributed by atoms with van der Waals surface area (Å²) < 4.78 is 16.8. The summed E-state index contributed by atoms with van der Waals surface area (Å²) in [6, 6.07) is 0. The minimum atomic E-state index is -0.783. The van der Waals surface area contributed by atoms with Crippen molar-refractivity contribution in [2.75, 3.05) is 13.2 Å². The zero-order valence-corrected chi connectivity index (χ0v) is 43.4. The molecular formula is C60H104O6. The molecule has 0 saturated heterocycles. The lowest BCUT2D eigenvalue weighted by Gasteiger charge is -2.18. The highest BCUT2D eigenvalue weighted by Gasteiger charge is 2.19. The number of esters is 3. The molecule has 66 heavy (non-hydrogen) atoms. The fourth-order valence-corrected chi connectivity index (χ4v) is 7.72. The Morgan fingerprint density at radius 2 is 0.591 bits per heavy atom. The Hall–Kier alpha value is -3.15. The molecule has 0 N–H and O–H groups in total. The van der Waals surface area contributed by atoms with Crippen LogP contribution in [0.4, 0.5) is 0 Å². The molecule has 0 bridgehead atoms. The van der Waals surface area contributed by atoms with Crippen LogP contribution in [-0.4, -0.2) is 37.2 Å². The summed E-state index contributed by atoms with van der Waals surface area (Å²) in [5, 5.41) is 0. The van der Waals surface area contributed by atoms with Crippen LogP contribution in [0.1, 0.15) is 271 Å². The van der Waals surface area contributed by atoms with Crippen LogP contribution >= 0.6 is 0 Å². The van der Waals surface area contributed by atoms with Gasteiger partial charge in [0, 0.05) is 19.3 Å². The molecule has 0 aromatic carbocycles. The first kappa shape index (κ1) is 62.8. The van der Waals surface area contributed by atoms with E-state index in [1.807, 2.05) is 0 Å². The molecule has 380 valence electrons. The number of carbonyl (C=O) groups is 3. The van der Waals surface area contributed by atoms with E-state index in [9.17, 15) is 14.4 Å². The SMILES string of the molecule is CC/C=C\C/C=C\C/C=C\C/C=C\CCCCCCCCCCCCC(=O)OCC(COC(=O)CCCCCCC/C=C\CCCCC)OC(=O)CCCCCCC/C=C\CCCCCC. The molecule has 0 aliphatic rings. The first-order chi connectivity index (χ1) is 32.5. The molecule has 0 rings (SSSR count). The maximum atomic E-state index is 12.8. The zero-order valence-electron chi connectivity index (χ0n) is 43.4. The first-order valence-corrected chi connectivity index (χ1v) is 27.9. The molecule has 0 aromatic heterocycles. The topological polar surface area (TPSA) is 78.9 Å². The van der Waals surface area contributed by atoms with Gasteiger partial charge >= 0.3 is 17.9 Å². The second-order valence-electron chi connectivity index (χ2n) is 18.5. The third-order valence-corrected chi connectivity index (χ3v) is 11.9. The molecule has 1 unspecified atom stereocenters. The van der Waals surface area contributed by atoms with Crippen molar-refractivity contribution in [2.45, 2.75) is 277 Å². The Morgan fingerprint density at radius 1 is 0.318 bits per heavy atom. The molecular weight excluding hydrogens is 817 g/mol. The molecule has 0 amide bonds. The van der Waals surface area contributed by atoms with Crippen LogP contribution in [0.2, 0.25) is 0 Å². The number of ether oxygens (including phenoxy) is 3. The van der Waals surface area contributed by atoms with Gasteiger partial charge in [0.25, 0.3) is 0 Å². The number of hydrogen-bond donors (Lipinski definition) is 0. The van der Waals surface area contributed by atoms with Crippen LogP contribution in [0.15, 0.2) is 72.9 Å². The van der Waals surface area contributed by atoms with Gasteiger partial charge in [0.05, 0.1) is 0 Å². The van der Waals surface area contributed by atoms with E-state index in [0.717, 1.165) is 103 Å². The molecule has 0 saturated carbocycles. The van der Waals surface area contributed by atoms with Crippen LogP contribution in [0, 0.1) is 0 Å². The number of allylic oxidation sites excluding steroid dienone is 12. The number of carbonyl (C=O) groups excluding carboxylic acids is 3. The second-order valence-corrected chi connectivity index (χ2v) is 18.5. The van der Waals surface area contributed by atoms with Crippen molar-refractivity contribution in [3.63, 3.8) is 0 Å². The molecule has 0 aliphatic heterocycles. The maximum Gasteiger partial charge on any atom is 0.306 e. The van der Waals surface area contributed by atoms with Gasteiger partial charge in [-0.1, -0.05) is 216 Å². The van der Waals surface area contributed by atoms with Gasteiger partial charge in [-0.3, -0.25) is 14.4 Å². The Bertz CT molecular complexity index is 1240. The molecule has 0 spiro atoms. The Morgan fingerprint density at radius 3 is 0.970 bits per heavy atom. The van der Waals surface area contributed by atoms with E-state index in [1.54, 1.807) is 0 Å². The Kier molecular flexibility index (Phi) is 51.9. The smallest absolute Gasteiger partial charge is 0.306 e. The average molecular weight is 921 g/mol. The van der Waals surface area contributed by atoms with Gasteiger partial charge in [0.15, 0.2) is 6.10 Å². The lowest BCUT2D eigenvalue weighted by Crippen LogP contribution is -2.30. The van der Waals surface area contributed by atoms with E-state index in [0.29, 0.717) is 19.3 Å². The molecule has 0 radical (unpaired) electrons. The van der Waals surface area contributed by atoms with E-state index in [-0.39, 0.29) is 31.1 Å². The largest absolute Gasteiger partial charge is 0.462 e. The summed E-state index contributed by atoms with van der Waals surface area (Å²) in [7, 11) is 0. The number of hydrogen-bond acceptors (Lipinski definition) is 6. The van der Waals surface area contributed by atoms with E-state index >= 15 is 0 Å². The van der Waals surface area contributed by atoms with Crippen molar-refractivity contribution in [1.29, 1.82) is 0 Å². The van der Waals surface area contributed by atoms with Crippen molar-refractivity contribution in [3.8, 4) is 0 Å². The minimum absolute atomic E-state index is 0.0829. The second kappa shape index (κ2) is 54.5. The Balaban J connectivity index is 4.30. The number of rotatable bonds is 50. The van der Waals surface area contributed by atoms with Crippen molar-refractivity contribution in [3.05, 3.63) is 72.9 Å². The lowest BCUT2D eigenvalue weighted by atomic mass is 10.1. The summed E-state index contributed by atoms with van der Waals surface area (Å²) in [6.07, 6.45) is 68.9. The fraction of sp³-hybridized carbons (Fsp3) is 0.750. The predicted octanol–water partition coefficient (Wildman–Crippen LogP) is 18.6. The standard InChI is InChI=1S/C60H104O6/c1-4-7-10-13-16-19-22-25-26-27-28-29-30-31-32-33-34-36-38-41-44-47-50-53-59(62)65-56-57(55-64-58(61)52-49-46-43-40-37-24-21-18-15-12-9-6-3)66-60(63)54-51-48-45-42-39-35-23-20-17-14-11-8-5-2/h7,10,16,18-21,23,25-26,28-29,57H,4-6,8-9,11-15,17,22,24,27,30-56H2,1-3H3/b10-7-,19-16-,21-18-,23-20-,26-25-,29-28-. The van der Waals surface area contributed by atoms with Gasteiger partial charge < -0.3 is 14.2 Å². The highest BCUT2D eigenvalue weighted by atomic mass is 16.6. The van der Waals surface area contributed by atoms with Gasteiger partial charge in [-0.25, -0.2) is 0 Å². The van der Waals surface area contributed by atoms with Crippen molar-refractivity contribution in [2.24, 2.45) is 0 Å². The van der Waals surface area contributed by atoms with E-state index in [4.69, 9.17) is 14.2 Å². The summed E-state index contributed by atoms with van der Waals surface area (Å²) in [4.78, 5) is 38.0. The highest BCUT2D eigenvalue weighted by molar-refractivity contribution is 5.71. The maximum absolute atomic E-state index is 12.8. The van der Waals surface area contributed by atoms with Crippen LogP contribution in [0.3, 0.4) is 0 Å². The molecule has 0 aliphatic carbocycles. The van der Waals surface area contributed by atoms with Gasteiger partial charge in [-0.15, -0.1) is 0 Å². The quantitative estimate of drug-likeness (QED) is 0.0262. The normalized spacial score (nSPS) is 12.6. The molecule has 0 fully saturated rings. The lowest BCUT2D eigenvalue weighted by molar-refractivity contribution is -0.167. The average Bonchev–Trinajstić information content (AvgIpc) is 3.31. The predicted molar refractivity (Wildman–Crippen MR) is 284 cm³/mol. The van der Waals surface area contributed by atoms with Crippen LogP contribution < -0.4 is 0 Å². The molecule has 0 aromatic rings. The summed E-state index contributed by atoms with van der Waals surface area (Å²) >= 11 is 0. The minimum Gasteiger partial charge on any atom is -0.462 e.